The van der Waals surface area contributed by atoms with E-state index in [0.29, 0.717) is 5.06 Å². The Labute approximate surface area is 229 Å². The Morgan fingerprint density at radius 1 is 1.02 bits per heavy atom. The molecule has 0 aromatic rings. The average Bonchev–Trinajstić information content (AvgIpc) is 2.81. The van der Waals surface area contributed by atoms with E-state index in [0.717, 1.165) is 40.9 Å². The molecule has 0 aromatic carbocycles. The monoisotopic (exact) mass is 572 g/mol. The number of azide groups is 1. The van der Waals surface area contributed by atoms with Crippen LogP contribution in [-0.4, -0.2) is 90.7 Å². The molecule has 0 radical (unpaired) electrons. The lowest BCUT2D eigenvalue weighted by Gasteiger charge is -2.43. The molecular weight excluding hydrogens is 540 g/mol. The number of esters is 4. The quantitative estimate of drug-likeness (QED) is 0.0958. The van der Waals surface area contributed by atoms with Gasteiger partial charge < -0.3 is 33.3 Å². The van der Waals surface area contributed by atoms with E-state index in [4.69, 9.17) is 28.5 Å². The zero-order valence-corrected chi connectivity index (χ0v) is 23.3. The number of hydrogen-bond acceptors (Lipinski definition) is 14. The van der Waals surface area contributed by atoms with Crippen LogP contribution in [0.15, 0.2) is 16.9 Å². The largest absolute Gasteiger partial charge is 0.477 e. The van der Waals surface area contributed by atoms with E-state index in [-0.39, 0.29) is 0 Å². The number of ether oxygens (including phenoxy) is 6. The Morgan fingerprint density at radius 2 is 1.62 bits per heavy atom. The van der Waals surface area contributed by atoms with Crippen molar-refractivity contribution in [3.63, 3.8) is 0 Å². The van der Waals surface area contributed by atoms with E-state index < -0.39 is 84.3 Å². The van der Waals surface area contributed by atoms with E-state index in [1.807, 2.05) is 0 Å². The summed E-state index contributed by atoms with van der Waals surface area (Å²) in [5.74, 6) is -5.30. The highest BCUT2D eigenvalue weighted by atomic mass is 16.8. The fourth-order valence-electron chi connectivity index (χ4n) is 3.44. The van der Waals surface area contributed by atoms with Crippen molar-refractivity contribution in [2.24, 2.45) is 5.11 Å². The van der Waals surface area contributed by atoms with Crippen molar-refractivity contribution in [2.75, 3.05) is 13.7 Å². The molecule has 0 saturated heterocycles. The van der Waals surface area contributed by atoms with Crippen LogP contribution in [0.25, 0.3) is 10.4 Å². The first kappa shape index (κ1) is 33.5. The van der Waals surface area contributed by atoms with Gasteiger partial charge >= 0.3 is 35.9 Å². The molecule has 0 bridgehead atoms. The van der Waals surface area contributed by atoms with Crippen LogP contribution in [0.4, 0.5) is 4.79 Å². The second-order valence-corrected chi connectivity index (χ2v) is 9.20. The van der Waals surface area contributed by atoms with Crippen molar-refractivity contribution in [1.82, 2.24) is 5.06 Å². The highest BCUT2D eigenvalue weighted by molar-refractivity contribution is 5.86. The topological polar surface area (TPSA) is 219 Å². The number of hydrogen-bond donors (Lipinski definition) is 0. The molecule has 1 amide bonds. The van der Waals surface area contributed by atoms with Crippen LogP contribution in [0.2, 0.25) is 0 Å². The molecule has 0 spiro atoms. The first-order valence-corrected chi connectivity index (χ1v) is 11.7. The number of carbonyl (C=O) groups excluding carboxylic acids is 6. The van der Waals surface area contributed by atoms with Gasteiger partial charge in [-0.15, -0.1) is 5.06 Å². The summed E-state index contributed by atoms with van der Waals surface area (Å²) >= 11 is 0. The van der Waals surface area contributed by atoms with Crippen molar-refractivity contribution < 1.29 is 62.0 Å². The predicted octanol–water partition coefficient (Wildman–Crippen LogP) is 1.63. The maximum atomic E-state index is 13.2. The molecule has 0 unspecified atom stereocenters. The van der Waals surface area contributed by atoms with Crippen molar-refractivity contribution >= 4 is 35.9 Å². The third-order valence-corrected chi connectivity index (χ3v) is 4.67. The summed E-state index contributed by atoms with van der Waals surface area (Å²) in [6.45, 7) is 7.89. The van der Waals surface area contributed by atoms with Crippen molar-refractivity contribution in [1.29, 1.82) is 0 Å². The molecule has 5 atom stereocenters. The van der Waals surface area contributed by atoms with Gasteiger partial charge in [0.2, 0.25) is 5.76 Å². The number of nitrogens with zero attached hydrogens (tertiary/aromatic N) is 4. The second-order valence-electron chi connectivity index (χ2n) is 9.20. The van der Waals surface area contributed by atoms with Gasteiger partial charge in [0.15, 0.2) is 18.3 Å². The molecule has 222 valence electrons. The van der Waals surface area contributed by atoms with Crippen LogP contribution < -0.4 is 0 Å². The Bertz CT molecular complexity index is 1080. The van der Waals surface area contributed by atoms with Crippen LogP contribution >= 0.6 is 0 Å². The van der Waals surface area contributed by atoms with E-state index in [9.17, 15) is 34.3 Å². The summed E-state index contributed by atoms with van der Waals surface area (Å²) in [5.41, 5.74) is 8.15. The molecule has 1 rings (SSSR count). The Kier molecular flexibility index (Phi) is 12.2. The summed E-state index contributed by atoms with van der Waals surface area (Å²) < 4.78 is 31.3. The molecule has 0 fully saturated rings. The van der Waals surface area contributed by atoms with Crippen molar-refractivity contribution in [3.05, 3.63) is 22.3 Å². The maximum Gasteiger partial charge on any atom is 0.444 e. The van der Waals surface area contributed by atoms with E-state index in [1.54, 1.807) is 0 Å². The molecule has 1 aliphatic heterocycles. The summed E-state index contributed by atoms with van der Waals surface area (Å²) in [6.07, 6.45) is -5.44. The van der Waals surface area contributed by atoms with Gasteiger partial charge in [0, 0.05) is 32.6 Å². The fraction of sp³-hybridized carbons (Fsp3) is 0.652. The fourth-order valence-corrected chi connectivity index (χ4v) is 3.44. The summed E-state index contributed by atoms with van der Waals surface area (Å²) in [4.78, 5) is 81.2. The molecule has 1 heterocycles. The van der Waals surface area contributed by atoms with Crippen LogP contribution in [0, 0.1) is 0 Å². The smallest absolute Gasteiger partial charge is 0.444 e. The van der Waals surface area contributed by atoms with Crippen LogP contribution in [-0.2, 0) is 57.2 Å². The highest BCUT2D eigenvalue weighted by Crippen LogP contribution is 2.32. The summed E-state index contributed by atoms with van der Waals surface area (Å²) in [5, 5.41) is 3.97. The molecule has 0 aromatic heterocycles. The maximum absolute atomic E-state index is 13.2. The van der Waals surface area contributed by atoms with Gasteiger partial charge in [0.05, 0.1) is 13.2 Å². The lowest BCUT2D eigenvalue weighted by atomic mass is 9.92. The number of methoxy groups -OCH3 is 1. The zero-order valence-electron chi connectivity index (χ0n) is 23.3. The molecule has 0 saturated carbocycles. The minimum absolute atomic E-state index is 0.384. The van der Waals surface area contributed by atoms with E-state index in [1.165, 1.54) is 20.8 Å². The molecule has 1 aliphatic rings. The summed E-state index contributed by atoms with van der Waals surface area (Å²) in [7, 11) is 1.02. The third kappa shape index (κ3) is 10.3. The van der Waals surface area contributed by atoms with Gasteiger partial charge in [-0.1, -0.05) is 5.11 Å². The van der Waals surface area contributed by atoms with Crippen LogP contribution in [0.5, 0.6) is 0 Å². The van der Waals surface area contributed by atoms with Crippen molar-refractivity contribution in [3.8, 4) is 0 Å². The van der Waals surface area contributed by atoms with Gasteiger partial charge in [0.25, 0.3) is 0 Å². The zero-order chi connectivity index (χ0) is 30.8. The molecular formula is C23H32N4O13. The van der Waals surface area contributed by atoms with Gasteiger partial charge in [-0.25, -0.2) is 9.59 Å². The standard InChI is InChI=1S/C23H32N4O13/c1-11(28)35-10-17(36-12(2)29)19(37-13(3)30)20-18(15(25-26-24)9-16(38-20)21(32)34-8)27(40-14(4)31)22(33)39-23(5,6)7/h9,15,17-20H,10H2,1-8H3/t15-,17+,18+,19+,20+/m0/s1. The predicted molar refractivity (Wildman–Crippen MR) is 129 cm³/mol. The first-order chi connectivity index (χ1) is 18.5. The van der Waals surface area contributed by atoms with E-state index in [2.05, 4.69) is 14.8 Å². The molecule has 17 heteroatoms. The number of carbonyl (C=O) groups is 6. The molecule has 0 aliphatic carbocycles. The Morgan fingerprint density at radius 3 is 2.08 bits per heavy atom. The van der Waals surface area contributed by atoms with Crippen LogP contribution in [0.1, 0.15) is 48.5 Å². The Balaban J connectivity index is 3.96. The van der Waals surface area contributed by atoms with Gasteiger partial charge in [0.1, 0.15) is 18.2 Å². The lowest BCUT2D eigenvalue weighted by molar-refractivity contribution is -0.222. The van der Waals surface area contributed by atoms with Crippen molar-refractivity contribution in [2.45, 2.75) is 84.5 Å². The minimum atomic E-state index is -1.79. The van der Waals surface area contributed by atoms with Crippen LogP contribution in [0.3, 0.4) is 0 Å². The number of hydroxylamine groups is 2. The molecule has 0 N–H and O–H groups in total. The molecule has 40 heavy (non-hydrogen) atoms. The van der Waals surface area contributed by atoms with E-state index >= 15 is 0 Å². The minimum Gasteiger partial charge on any atom is -0.477 e. The number of amides is 1. The number of rotatable bonds is 9. The lowest BCUT2D eigenvalue weighted by Crippen LogP contribution is -2.62. The average molecular weight is 573 g/mol. The van der Waals surface area contributed by atoms with Gasteiger partial charge in [-0.2, -0.15) is 0 Å². The van der Waals surface area contributed by atoms with Gasteiger partial charge in [-0.3, -0.25) is 19.2 Å². The summed E-state index contributed by atoms with van der Waals surface area (Å²) in [6, 6.07) is -3.25. The highest BCUT2D eigenvalue weighted by Gasteiger charge is 2.52. The third-order valence-electron chi connectivity index (χ3n) is 4.67. The molecule has 17 nitrogen and oxygen atoms in total. The SMILES string of the molecule is COC(=O)C1=C[C@H](N=[N+]=[N-])[C@@H](N(OC(C)=O)C(=O)OC(C)(C)C)[C@H]([C@H](OC(C)=O)[C@@H](COC(C)=O)OC(C)=O)O1. The first-order valence-electron chi connectivity index (χ1n) is 11.7. The normalized spacial score (nSPS) is 19.6. The second kappa shape index (κ2) is 14.6. The Hall–Kier alpha value is -4.53. The van der Waals surface area contributed by atoms with Gasteiger partial charge in [-0.05, 0) is 32.4 Å².